The molecule has 4 aromatic rings. The Morgan fingerprint density at radius 3 is 0.809 bits per heavy atom. The Morgan fingerprint density at radius 2 is 0.596 bits per heavy atom. The van der Waals surface area contributed by atoms with E-state index in [9.17, 15) is 61.3 Å². The molecule has 0 spiro atoms. The molecule has 4 aromatic carbocycles. The summed E-state index contributed by atoms with van der Waals surface area (Å²) in [6, 6.07) is 11.2. The second-order valence-electron chi connectivity index (χ2n) is 10.7. The van der Waals surface area contributed by atoms with Gasteiger partial charge in [-0.2, -0.15) is 0 Å². The molecule has 0 aromatic heterocycles. The van der Waals surface area contributed by atoms with Gasteiger partial charge in [-0.15, -0.1) is 0 Å². The smallest absolute Gasteiger partial charge is 0.127 e. The van der Waals surface area contributed by atoms with E-state index >= 15 is 0 Å². The van der Waals surface area contributed by atoms with Gasteiger partial charge in [0.1, 0.15) is 35.2 Å². The summed E-state index contributed by atoms with van der Waals surface area (Å²) in [6.45, 7) is -6.21. The zero-order chi connectivity index (χ0) is 34.4. The van der Waals surface area contributed by atoms with E-state index in [0.717, 1.165) is 0 Å². The van der Waals surface area contributed by atoms with E-state index in [0.29, 0.717) is 11.1 Å². The maximum absolute atomic E-state index is 10.9. The third-order valence-corrected chi connectivity index (χ3v) is 8.35. The van der Waals surface area contributed by atoms with Crippen LogP contribution in [0.1, 0.15) is 79.0 Å². The molecule has 2 atom stereocenters. The number of aliphatic hydroxyl groups excluding tert-OH is 8. The summed E-state index contributed by atoms with van der Waals surface area (Å²) in [7, 11) is 0. The molecular weight excluding hydrogens is 616 g/mol. The molecule has 13 nitrogen and oxygen atoms in total. The molecule has 0 heterocycles. The van der Waals surface area contributed by atoms with Crippen molar-refractivity contribution in [3.63, 3.8) is 0 Å². The molecule has 0 saturated carbocycles. The summed E-state index contributed by atoms with van der Waals surface area (Å²) in [5, 5.41) is 125. The largest absolute Gasteiger partial charge is 0.508 e. The minimum Gasteiger partial charge on any atom is -0.508 e. The van der Waals surface area contributed by atoms with E-state index in [2.05, 4.69) is 0 Å². The topological polar surface area (TPSA) is 252 Å². The molecule has 12 N–H and O–H groups in total. The fourth-order valence-corrected chi connectivity index (χ4v) is 6.05. The van der Waals surface area contributed by atoms with E-state index in [1.165, 1.54) is 48.5 Å². The summed E-state index contributed by atoms with van der Waals surface area (Å²) in [5.74, 6) is -1.33. The molecule has 0 aliphatic carbocycles. The van der Waals surface area contributed by atoms with Crippen LogP contribution in [-0.4, -0.2) is 61.3 Å². The van der Waals surface area contributed by atoms with Crippen molar-refractivity contribution in [2.45, 2.75) is 65.1 Å². The van der Waals surface area contributed by atoms with Gasteiger partial charge in [-0.25, -0.2) is 0 Å². The zero-order valence-corrected chi connectivity index (χ0v) is 25.2. The number of hydrogen-bond acceptors (Lipinski definition) is 13. The second-order valence-corrected chi connectivity index (χ2v) is 10.7. The Bertz CT molecular complexity index is 1490. The lowest BCUT2D eigenvalue weighted by Crippen LogP contribution is -2.22. The first kappa shape index (κ1) is 35.6. The molecular formula is C34H38O13. The van der Waals surface area contributed by atoms with Crippen molar-refractivity contribution in [2.75, 3.05) is 0 Å². The van der Waals surface area contributed by atoms with Gasteiger partial charge in [-0.1, -0.05) is 24.3 Å². The minimum absolute atomic E-state index is 0.0370. The van der Waals surface area contributed by atoms with E-state index in [4.69, 9.17) is 4.74 Å². The minimum atomic E-state index is -1.36. The van der Waals surface area contributed by atoms with Gasteiger partial charge in [-0.3, -0.25) is 0 Å². The first-order chi connectivity index (χ1) is 22.6. The van der Waals surface area contributed by atoms with Crippen LogP contribution in [0.3, 0.4) is 0 Å². The van der Waals surface area contributed by atoms with Crippen molar-refractivity contribution in [3.05, 3.63) is 115 Å². The predicted octanol–water partition coefficient (Wildman–Crippen LogP) is 1.34. The van der Waals surface area contributed by atoms with Crippen molar-refractivity contribution >= 4 is 0 Å². The average molecular weight is 655 g/mol. The molecule has 0 amide bonds. The van der Waals surface area contributed by atoms with Crippen molar-refractivity contribution in [3.8, 4) is 23.0 Å². The molecule has 0 aliphatic rings. The van der Waals surface area contributed by atoms with Crippen LogP contribution in [0.2, 0.25) is 0 Å². The van der Waals surface area contributed by atoms with E-state index in [-0.39, 0.29) is 67.1 Å². The molecule has 47 heavy (non-hydrogen) atoms. The quantitative estimate of drug-likeness (QED) is 0.0918. The van der Waals surface area contributed by atoms with Crippen LogP contribution in [0.25, 0.3) is 0 Å². The lowest BCUT2D eigenvalue weighted by atomic mass is 9.84. The van der Waals surface area contributed by atoms with Crippen LogP contribution in [0.5, 0.6) is 23.0 Å². The Balaban J connectivity index is 2.18. The summed E-state index contributed by atoms with van der Waals surface area (Å²) >= 11 is 0. The molecule has 0 saturated heterocycles. The average Bonchev–Trinajstić information content (AvgIpc) is 3.08. The molecule has 0 radical (unpaired) electrons. The van der Waals surface area contributed by atoms with Crippen molar-refractivity contribution < 1.29 is 66.0 Å². The van der Waals surface area contributed by atoms with E-state index in [1.807, 2.05) is 0 Å². The van der Waals surface area contributed by atoms with Gasteiger partial charge in [-0.05, 0) is 68.8 Å². The molecule has 0 fully saturated rings. The third kappa shape index (κ3) is 6.62. The van der Waals surface area contributed by atoms with Crippen molar-refractivity contribution in [1.29, 1.82) is 0 Å². The number of phenols is 4. The Kier molecular flexibility index (Phi) is 11.8. The highest BCUT2D eigenvalue weighted by Crippen LogP contribution is 2.47. The predicted molar refractivity (Wildman–Crippen MR) is 165 cm³/mol. The second kappa shape index (κ2) is 15.5. The highest BCUT2D eigenvalue weighted by molar-refractivity contribution is 5.59. The lowest BCUT2D eigenvalue weighted by Gasteiger charge is -2.33. The lowest BCUT2D eigenvalue weighted by molar-refractivity contribution is 0.0257. The summed E-state index contributed by atoms with van der Waals surface area (Å²) in [4.78, 5) is 0. The van der Waals surface area contributed by atoms with Crippen LogP contribution >= 0.6 is 0 Å². The fraction of sp³-hybridized carbons (Fsp3) is 0.294. The SMILES string of the molecule is OCc1c(O)c(CO)c(CO)c(C(OC(c2ccc(O)cc2)c2c(CO)c(CO)c(O)c(CO)c2CO)c2ccc(O)cc2)c1CO. The highest BCUT2D eigenvalue weighted by atomic mass is 16.5. The van der Waals surface area contributed by atoms with E-state index < -0.39 is 76.6 Å². The molecule has 13 heteroatoms. The summed E-state index contributed by atoms with van der Waals surface area (Å²) in [5.41, 5.74) is -0.120. The Morgan fingerprint density at radius 1 is 0.362 bits per heavy atom. The zero-order valence-electron chi connectivity index (χ0n) is 25.2. The maximum atomic E-state index is 10.9. The number of hydrogen-bond donors (Lipinski definition) is 12. The van der Waals surface area contributed by atoms with Gasteiger partial charge in [0, 0.05) is 22.3 Å². The highest BCUT2D eigenvalue weighted by Gasteiger charge is 2.35. The maximum Gasteiger partial charge on any atom is 0.127 e. The molecule has 0 aliphatic heterocycles. The van der Waals surface area contributed by atoms with Gasteiger partial charge in [0.05, 0.1) is 52.9 Å². The standard InChI is InChI=1S/C34H38O13/c35-9-21-25(13-39)31(45)26(14-40)22(10-36)29(21)33(17-1-5-19(43)6-2-17)47-34(18-3-7-20(44)8-4-18)30-23(11-37)27(15-41)32(46)28(16-42)24(30)12-38/h1-8,33-46H,9-16H2. The van der Waals surface area contributed by atoms with Crippen LogP contribution in [0, 0.1) is 0 Å². The normalized spacial score (nSPS) is 12.8. The van der Waals surface area contributed by atoms with Crippen LogP contribution in [0.15, 0.2) is 48.5 Å². The number of benzene rings is 4. The molecule has 4 rings (SSSR count). The van der Waals surface area contributed by atoms with Gasteiger partial charge < -0.3 is 66.0 Å². The number of phenolic OH excluding ortho intramolecular Hbond substituents is 2. The number of aliphatic hydroxyl groups is 8. The van der Waals surface area contributed by atoms with Crippen molar-refractivity contribution in [1.82, 2.24) is 0 Å². The first-order valence-electron chi connectivity index (χ1n) is 14.5. The van der Waals surface area contributed by atoms with Crippen LogP contribution in [0.4, 0.5) is 0 Å². The molecule has 0 bridgehead atoms. The Labute approximate surface area is 269 Å². The van der Waals surface area contributed by atoms with Gasteiger partial charge >= 0.3 is 0 Å². The van der Waals surface area contributed by atoms with Gasteiger partial charge in [0.2, 0.25) is 0 Å². The summed E-state index contributed by atoms with van der Waals surface area (Å²) < 4.78 is 6.82. The number of rotatable bonds is 14. The van der Waals surface area contributed by atoms with Gasteiger partial charge in [0.15, 0.2) is 0 Å². The van der Waals surface area contributed by atoms with Crippen LogP contribution < -0.4 is 0 Å². The van der Waals surface area contributed by atoms with E-state index in [1.54, 1.807) is 0 Å². The van der Waals surface area contributed by atoms with Gasteiger partial charge in [0.25, 0.3) is 0 Å². The van der Waals surface area contributed by atoms with Crippen LogP contribution in [-0.2, 0) is 57.6 Å². The number of ether oxygens (including phenoxy) is 1. The first-order valence-corrected chi connectivity index (χ1v) is 14.5. The third-order valence-electron chi connectivity index (χ3n) is 8.35. The van der Waals surface area contributed by atoms with Crippen molar-refractivity contribution in [2.24, 2.45) is 0 Å². The monoisotopic (exact) mass is 654 g/mol. The molecule has 2 unspecified atom stereocenters. The fourth-order valence-electron chi connectivity index (χ4n) is 6.05. The number of aromatic hydroxyl groups is 4. The molecule has 252 valence electrons. The Hall–Kier alpha value is -4.28. The summed E-state index contributed by atoms with van der Waals surface area (Å²) in [6.07, 6.45) is -2.73.